The van der Waals surface area contributed by atoms with Gasteiger partial charge in [0, 0.05) is 17.7 Å². The number of rotatable bonds is 5. The Bertz CT molecular complexity index is 700. The normalized spacial score (nSPS) is 37.1. The number of piperidine rings is 1. The summed E-state index contributed by atoms with van der Waals surface area (Å²) >= 11 is 0. The van der Waals surface area contributed by atoms with Crippen LogP contribution in [0.3, 0.4) is 0 Å². The number of carbonyl (C=O) groups excluding carboxylic acids is 2. The van der Waals surface area contributed by atoms with Gasteiger partial charge in [0.15, 0.2) is 0 Å². The molecule has 1 saturated carbocycles. The molecule has 2 aliphatic heterocycles. The Kier molecular flexibility index (Phi) is 3.37. The van der Waals surface area contributed by atoms with Crippen LogP contribution in [-0.2, 0) is 19.4 Å². The molecule has 4 atom stereocenters. The average molecular weight is 335 g/mol. The molecule has 0 aromatic rings. The molecule has 0 unspecified atom stereocenters. The second kappa shape index (κ2) is 5.13. The van der Waals surface area contributed by atoms with Gasteiger partial charge in [-0.25, -0.2) is 9.78 Å². The third-order valence-electron chi connectivity index (χ3n) is 5.96. The highest BCUT2D eigenvalue weighted by Gasteiger charge is 2.71. The molecule has 8 nitrogen and oxygen atoms in total. The lowest BCUT2D eigenvalue weighted by molar-refractivity contribution is -0.278. The van der Waals surface area contributed by atoms with Gasteiger partial charge in [-0.05, 0) is 25.2 Å². The van der Waals surface area contributed by atoms with Crippen molar-refractivity contribution in [2.24, 2.45) is 17.6 Å². The van der Waals surface area contributed by atoms with Crippen molar-refractivity contribution in [2.45, 2.75) is 24.9 Å². The lowest BCUT2D eigenvalue weighted by Gasteiger charge is -2.40. The van der Waals surface area contributed by atoms with Crippen LogP contribution in [0.2, 0.25) is 0 Å². The van der Waals surface area contributed by atoms with Crippen molar-refractivity contribution < 1.29 is 24.5 Å². The topological polar surface area (TPSA) is 114 Å². The predicted molar refractivity (Wildman–Crippen MR) is 81.9 cm³/mol. The molecule has 0 bridgehead atoms. The standard InChI is InChI=1S/C16H21N3O5/c1-7-11(17)14(22)10-12(13(7)21)19-4-8-3-9(8)16(19,5-20)15(10)18-6-24-23-2/h8-9,15,18,20H,3-6,17H2,1-2H3/t8-,9-,15+,16+/m0/s1. The molecule has 0 aromatic heterocycles. The minimum Gasteiger partial charge on any atom is -0.395 e. The first-order valence-corrected chi connectivity index (χ1v) is 8.06. The van der Waals surface area contributed by atoms with Gasteiger partial charge in [0.05, 0.1) is 36.7 Å². The monoisotopic (exact) mass is 335 g/mol. The van der Waals surface area contributed by atoms with Crippen LogP contribution >= 0.6 is 0 Å². The smallest absolute Gasteiger partial charge is 0.208 e. The maximum Gasteiger partial charge on any atom is 0.208 e. The first-order valence-electron chi connectivity index (χ1n) is 8.06. The number of nitrogens with zero attached hydrogens (tertiary/aromatic N) is 1. The molecule has 1 saturated heterocycles. The van der Waals surface area contributed by atoms with Crippen LogP contribution in [0.1, 0.15) is 13.3 Å². The SMILES string of the molecule is COOCN[C@@H]1C2=C(C(=O)C(C)=C(N)C2=O)N2C[C@@H]3C[C@@H]3[C@]12CO. The maximum absolute atomic E-state index is 12.8. The lowest BCUT2D eigenvalue weighted by atomic mass is 9.81. The molecule has 4 rings (SSSR count). The Morgan fingerprint density at radius 3 is 2.83 bits per heavy atom. The maximum atomic E-state index is 12.8. The van der Waals surface area contributed by atoms with E-state index in [1.807, 2.05) is 4.90 Å². The quantitative estimate of drug-likeness (QED) is 0.189. The van der Waals surface area contributed by atoms with Crippen molar-refractivity contribution >= 4 is 11.6 Å². The number of allylic oxidation sites excluding steroid dienone is 2. The van der Waals surface area contributed by atoms with Gasteiger partial charge in [-0.2, -0.15) is 0 Å². The Morgan fingerprint density at radius 1 is 1.42 bits per heavy atom. The summed E-state index contributed by atoms with van der Waals surface area (Å²) in [4.78, 5) is 37.0. The molecule has 2 aliphatic carbocycles. The third kappa shape index (κ3) is 1.71. The van der Waals surface area contributed by atoms with Gasteiger partial charge in [-0.15, -0.1) is 0 Å². The number of fused-ring (bicyclic) bond motifs is 4. The van der Waals surface area contributed by atoms with Crippen LogP contribution in [0, 0.1) is 11.8 Å². The zero-order valence-corrected chi connectivity index (χ0v) is 13.7. The zero-order chi connectivity index (χ0) is 17.2. The van der Waals surface area contributed by atoms with Crippen molar-refractivity contribution in [3.63, 3.8) is 0 Å². The molecule has 24 heavy (non-hydrogen) atoms. The fourth-order valence-corrected chi connectivity index (χ4v) is 4.72. The number of ketones is 2. The Morgan fingerprint density at radius 2 is 2.17 bits per heavy atom. The Balaban J connectivity index is 1.80. The second-order valence-corrected chi connectivity index (χ2v) is 6.89. The lowest BCUT2D eigenvalue weighted by Crippen LogP contribution is -2.59. The number of aliphatic hydroxyl groups is 1. The number of carbonyl (C=O) groups is 2. The average Bonchev–Trinajstić information content (AvgIpc) is 3.19. The van der Waals surface area contributed by atoms with Gasteiger partial charge < -0.3 is 15.7 Å². The number of aliphatic hydroxyl groups excluding tert-OH is 1. The van der Waals surface area contributed by atoms with Crippen LogP contribution < -0.4 is 11.1 Å². The zero-order valence-electron chi connectivity index (χ0n) is 13.7. The molecule has 130 valence electrons. The number of nitrogens with one attached hydrogen (secondary N) is 1. The summed E-state index contributed by atoms with van der Waals surface area (Å²) in [5.41, 5.74) is 6.19. The fraction of sp³-hybridized carbons (Fsp3) is 0.625. The fourth-order valence-electron chi connectivity index (χ4n) is 4.72. The van der Waals surface area contributed by atoms with Gasteiger partial charge in [-0.1, -0.05) is 0 Å². The van der Waals surface area contributed by atoms with Crippen LogP contribution in [0.25, 0.3) is 0 Å². The molecular weight excluding hydrogens is 314 g/mol. The molecular formula is C16H21N3O5. The van der Waals surface area contributed by atoms with E-state index in [9.17, 15) is 14.7 Å². The van der Waals surface area contributed by atoms with Gasteiger partial charge in [0.25, 0.3) is 0 Å². The highest BCUT2D eigenvalue weighted by molar-refractivity contribution is 6.25. The highest BCUT2D eigenvalue weighted by Crippen LogP contribution is 2.62. The van der Waals surface area contributed by atoms with Crippen LogP contribution in [0.5, 0.6) is 0 Å². The van der Waals surface area contributed by atoms with Crippen molar-refractivity contribution in [1.29, 1.82) is 0 Å². The summed E-state index contributed by atoms with van der Waals surface area (Å²) in [6.07, 6.45) is 0.991. The molecule has 8 heteroatoms. The summed E-state index contributed by atoms with van der Waals surface area (Å²) in [5, 5.41) is 13.4. The number of hydrogen-bond donors (Lipinski definition) is 3. The van der Waals surface area contributed by atoms with E-state index >= 15 is 0 Å². The van der Waals surface area contributed by atoms with Gasteiger partial charge in [-0.3, -0.25) is 14.9 Å². The van der Waals surface area contributed by atoms with Crippen LogP contribution in [0.15, 0.2) is 22.5 Å². The predicted octanol–water partition coefficient (Wildman–Crippen LogP) is -1.18. The van der Waals surface area contributed by atoms with E-state index in [1.54, 1.807) is 6.92 Å². The molecule has 4 aliphatic rings. The molecule has 0 spiro atoms. The van der Waals surface area contributed by atoms with E-state index in [2.05, 4.69) is 10.2 Å². The summed E-state index contributed by atoms with van der Waals surface area (Å²) < 4.78 is 0. The number of hydrogen-bond acceptors (Lipinski definition) is 8. The van der Waals surface area contributed by atoms with Crippen molar-refractivity contribution in [2.75, 3.05) is 27.0 Å². The van der Waals surface area contributed by atoms with E-state index < -0.39 is 11.6 Å². The molecule has 0 amide bonds. The van der Waals surface area contributed by atoms with Gasteiger partial charge in [0.2, 0.25) is 11.6 Å². The van der Waals surface area contributed by atoms with Crippen LogP contribution in [-0.4, -0.2) is 60.1 Å². The van der Waals surface area contributed by atoms with E-state index in [4.69, 9.17) is 10.6 Å². The first kappa shape index (κ1) is 15.8. The minimum absolute atomic E-state index is 0.0141. The summed E-state index contributed by atoms with van der Waals surface area (Å²) in [6, 6.07) is -0.520. The number of Topliss-reactive ketones (excluding diaryl/α,β-unsaturated/α-hetero) is 2. The second-order valence-electron chi connectivity index (χ2n) is 6.89. The van der Waals surface area contributed by atoms with Gasteiger partial charge in [0.1, 0.15) is 6.73 Å². The van der Waals surface area contributed by atoms with Gasteiger partial charge >= 0.3 is 0 Å². The molecule has 4 N–H and O–H groups in total. The van der Waals surface area contributed by atoms with E-state index in [0.29, 0.717) is 23.7 Å². The van der Waals surface area contributed by atoms with E-state index in [-0.39, 0.29) is 42.1 Å². The highest BCUT2D eigenvalue weighted by atomic mass is 17.2. The van der Waals surface area contributed by atoms with Crippen LogP contribution in [0.4, 0.5) is 0 Å². The first-order chi connectivity index (χ1) is 11.5. The molecule has 2 heterocycles. The minimum atomic E-state index is -0.692. The van der Waals surface area contributed by atoms with E-state index in [1.165, 1.54) is 7.11 Å². The van der Waals surface area contributed by atoms with E-state index in [0.717, 1.165) is 6.42 Å². The van der Waals surface area contributed by atoms with Crippen molar-refractivity contribution in [3.05, 3.63) is 22.5 Å². The Hall–Kier alpha value is -1.74. The molecule has 0 aromatic carbocycles. The number of nitrogens with two attached hydrogens (primary N) is 1. The van der Waals surface area contributed by atoms with Crippen molar-refractivity contribution in [3.8, 4) is 0 Å². The molecule has 0 radical (unpaired) electrons. The summed E-state index contributed by atoms with van der Waals surface area (Å²) in [5.74, 6) is 0.134. The largest absolute Gasteiger partial charge is 0.395 e. The molecule has 2 fully saturated rings. The summed E-state index contributed by atoms with van der Waals surface area (Å²) in [6.45, 7) is 2.14. The summed E-state index contributed by atoms with van der Waals surface area (Å²) in [7, 11) is 1.39. The Labute approximate surface area is 139 Å². The van der Waals surface area contributed by atoms with Crippen molar-refractivity contribution in [1.82, 2.24) is 10.2 Å². The third-order valence-corrected chi connectivity index (χ3v) is 5.96.